The minimum Gasteiger partial charge on any atom is -0.481 e. The highest BCUT2D eigenvalue weighted by atomic mass is 32.1. The zero-order valence-corrected chi connectivity index (χ0v) is 14.7. The number of carboxylic acid groups (broad SMARTS) is 1. The van der Waals surface area contributed by atoms with E-state index in [1.54, 1.807) is 11.3 Å². The number of hydrogen-bond acceptors (Lipinski definition) is 5. The predicted octanol–water partition coefficient (Wildman–Crippen LogP) is 1.60. The summed E-state index contributed by atoms with van der Waals surface area (Å²) in [5, 5.41) is 13.0. The van der Waals surface area contributed by atoms with E-state index in [-0.39, 0.29) is 17.7 Å². The molecule has 1 N–H and O–H groups in total. The van der Waals surface area contributed by atoms with Crippen LogP contribution in [0.15, 0.2) is 5.38 Å². The quantitative estimate of drug-likeness (QED) is 0.894. The maximum absolute atomic E-state index is 12.5. The molecule has 7 heteroatoms. The van der Waals surface area contributed by atoms with Crippen LogP contribution in [0.3, 0.4) is 0 Å². The van der Waals surface area contributed by atoms with Crippen molar-refractivity contribution in [3.8, 4) is 0 Å². The molecule has 1 aromatic heterocycles. The molecule has 24 heavy (non-hydrogen) atoms. The summed E-state index contributed by atoms with van der Waals surface area (Å²) >= 11 is 1.62. The summed E-state index contributed by atoms with van der Waals surface area (Å²) in [6.45, 7) is 4.89. The molecule has 0 unspecified atom stereocenters. The lowest BCUT2D eigenvalue weighted by atomic mass is 9.81. The molecular weight excluding hydrogens is 326 g/mol. The van der Waals surface area contributed by atoms with E-state index < -0.39 is 11.4 Å². The molecule has 3 fully saturated rings. The molecular formula is C17H23N3O3S. The van der Waals surface area contributed by atoms with Gasteiger partial charge in [0, 0.05) is 49.9 Å². The monoisotopic (exact) mass is 349 g/mol. The number of aromatic nitrogens is 1. The fraction of sp³-hybridized carbons (Fsp3) is 0.706. The number of amides is 1. The minimum atomic E-state index is -0.801. The summed E-state index contributed by atoms with van der Waals surface area (Å²) in [4.78, 5) is 33.1. The number of nitrogens with zero attached hydrogens (tertiary/aromatic N) is 3. The van der Waals surface area contributed by atoms with Gasteiger partial charge in [0.2, 0.25) is 5.91 Å². The van der Waals surface area contributed by atoms with E-state index in [4.69, 9.17) is 0 Å². The molecule has 3 aliphatic rings. The number of carbonyl (C=O) groups excluding carboxylic acids is 1. The Bertz CT molecular complexity index is 672. The summed E-state index contributed by atoms with van der Waals surface area (Å²) < 4.78 is 0. The van der Waals surface area contributed by atoms with E-state index in [0.717, 1.165) is 36.5 Å². The molecule has 2 atom stereocenters. The van der Waals surface area contributed by atoms with Crippen molar-refractivity contribution >= 4 is 23.2 Å². The van der Waals surface area contributed by atoms with Crippen LogP contribution in [0.4, 0.5) is 0 Å². The molecule has 3 heterocycles. The summed E-state index contributed by atoms with van der Waals surface area (Å²) in [5.41, 5.74) is 0.213. The first-order valence-corrected chi connectivity index (χ1v) is 9.51. The zero-order valence-electron chi connectivity index (χ0n) is 13.9. The first-order valence-electron chi connectivity index (χ1n) is 8.63. The maximum atomic E-state index is 12.5. The maximum Gasteiger partial charge on any atom is 0.313 e. The molecule has 130 valence electrons. The Balaban J connectivity index is 1.46. The molecule has 1 aromatic rings. The van der Waals surface area contributed by atoms with Crippen molar-refractivity contribution in [1.29, 1.82) is 0 Å². The molecule has 2 saturated heterocycles. The molecule has 0 aromatic carbocycles. The standard InChI is InChI=1S/C17H23N3O3S/c1-11-18-14(8-24-11)7-19-5-13-6-20(15(21)12-3-2-4-12)10-17(13,9-19)16(22)23/h8,12-13H,2-7,9-10H2,1H3,(H,22,23)/t13-,17-/m0/s1. The van der Waals surface area contributed by atoms with Crippen molar-refractivity contribution < 1.29 is 14.7 Å². The van der Waals surface area contributed by atoms with Crippen LogP contribution in [-0.4, -0.2) is 57.9 Å². The van der Waals surface area contributed by atoms with Crippen molar-refractivity contribution in [2.24, 2.45) is 17.3 Å². The minimum absolute atomic E-state index is 0.0266. The normalized spacial score (nSPS) is 30.4. The number of carboxylic acids is 1. The van der Waals surface area contributed by atoms with E-state index in [1.165, 1.54) is 0 Å². The highest BCUT2D eigenvalue weighted by Gasteiger charge is 2.58. The zero-order chi connectivity index (χ0) is 16.9. The molecule has 1 amide bonds. The van der Waals surface area contributed by atoms with E-state index in [1.807, 2.05) is 17.2 Å². The van der Waals surface area contributed by atoms with E-state index in [2.05, 4.69) is 9.88 Å². The molecule has 1 saturated carbocycles. The Hall–Kier alpha value is -1.47. The van der Waals surface area contributed by atoms with Gasteiger partial charge in [0.05, 0.1) is 10.7 Å². The average molecular weight is 349 g/mol. The van der Waals surface area contributed by atoms with Gasteiger partial charge in [-0.15, -0.1) is 11.3 Å². The number of aryl methyl sites for hydroxylation is 1. The van der Waals surface area contributed by atoms with Gasteiger partial charge >= 0.3 is 5.97 Å². The van der Waals surface area contributed by atoms with E-state index >= 15 is 0 Å². The number of hydrogen-bond donors (Lipinski definition) is 1. The van der Waals surface area contributed by atoms with Gasteiger partial charge in [0.15, 0.2) is 0 Å². The highest BCUT2D eigenvalue weighted by Crippen LogP contribution is 2.44. The van der Waals surface area contributed by atoms with Crippen molar-refractivity contribution in [2.45, 2.75) is 32.7 Å². The average Bonchev–Trinajstić information content (AvgIpc) is 3.09. The van der Waals surface area contributed by atoms with Gasteiger partial charge < -0.3 is 10.0 Å². The van der Waals surface area contributed by atoms with Gasteiger partial charge in [-0.25, -0.2) is 4.98 Å². The summed E-state index contributed by atoms with van der Waals surface area (Å²) in [5.74, 6) is -0.408. The van der Waals surface area contributed by atoms with Crippen molar-refractivity contribution in [3.63, 3.8) is 0 Å². The van der Waals surface area contributed by atoms with E-state index in [9.17, 15) is 14.7 Å². The Labute approximate surface area is 145 Å². The Morgan fingerprint density at radius 1 is 1.38 bits per heavy atom. The fourth-order valence-electron chi connectivity index (χ4n) is 4.38. The second-order valence-corrected chi connectivity index (χ2v) is 8.59. The third-order valence-corrected chi connectivity index (χ3v) is 6.75. The fourth-order valence-corrected chi connectivity index (χ4v) is 4.99. The molecule has 0 bridgehead atoms. The molecule has 0 spiro atoms. The lowest BCUT2D eigenvalue weighted by Crippen LogP contribution is -2.44. The molecule has 2 aliphatic heterocycles. The Kier molecular flexibility index (Phi) is 3.88. The lowest BCUT2D eigenvalue weighted by Gasteiger charge is -2.31. The second-order valence-electron chi connectivity index (χ2n) is 7.53. The first kappa shape index (κ1) is 16.0. The third-order valence-electron chi connectivity index (χ3n) is 5.92. The smallest absolute Gasteiger partial charge is 0.313 e. The number of aliphatic carboxylic acids is 1. The Morgan fingerprint density at radius 3 is 2.71 bits per heavy atom. The van der Waals surface area contributed by atoms with Gasteiger partial charge in [-0.05, 0) is 19.8 Å². The molecule has 1 aliphatic carbocycles. The number of carbonyl (C=O) groups is 2. The third kappa shape index (κ3) is 2.54. The first-order chi connectivity index (χ1) is 11.5. The topological polar surface area (TPSA) is 73.7 Å². The number of likely N-dealkylation sites (tertiary alicyclic amines) is 2. The number of rotatable bonds is 4. The van der Waals surface area contributed by atoms with Crippen LogP contribution < -0.4 is 0 Å². The van der Waals surface area contributed by atoms with Crippen LogP contribution >= 0.6 is 11.3 Å². The molecule has 4 rings (SSSR count). The van der Waals surface area contributed by atoms with Crippen LogP contribution in [-0.2, 0) is 16.1 Å². The molecule has 6 nitrogen and oxygen atoms in total. The predicted molar refractivity (Wildman–Crippen MR) is 89.6 cm³/mol. The van der Waals surface area contributed by atoms with Crippen molar-refractivity contribution in [1.82, 2.24) is 14.8 Å². The van der Waals surface area contributed by atoms with Crippen molar-refractivity contribution in [3.05, 3.63) is 16.1 Å². The number of thiazole rings is 1. The van der Waals surface area contributed by atoms with Crippen molar-refractivity contribution in [2.75, 3.05) is 26.2 Å². The second kappa shape index (κ2) is 5.81. The van der Waals surface area contributed by atoms with Crippen LogP contribution in [0.25, 0.3) is 0 Å². The van der Waals surface area contributed by atoms with Crippen LogP contribution in [0.1, 0.15) is 30.0 Å². The molecule has 0 radical (unpaired) electrons. The van der Waals surface area contributed by atoms with E-state index in [0.29, 0.717) is 26.2 Å². The summed E-state index contributed by atoms with van der Waals surface area (Å²) in [7, 11) is 0. The van der Waals surface area contributed by atoms with Gasteiger partial charge in [0.1, 0.15) is 5.41 Å². The summed E-state index contributed by atoms with van der Waals surface area (Å²) in [6.07, 6.45) is 3.06. The van der Waals surface area contributed by atoms with Gasteiger partial charge in [-0.3, -0.25) is 14.5 Å². The highest BCUT2D eigenvalue weighted by molar-refractivity contribution is 7.09. The van der Waals surface area contributed by atoms with Crippen LogP contribution in [0.5, 0.6) is 0 Å². The Morgan fingerprint density at radius 2 is 2.17 bits per heavy atom. The van der Waals surface area contributed by atoms with Gasteiger partial charge in [-0.1, -0.05) is 6.42 Å². The van der Waals surface area contributed by atoms with Crippen LogP contribution in [0.2, 0.25) is 0 Å². The van der Waals surface area contributed by atoms with Gasteiger partial charge in [-0.2, -0.15) is 0 Å². The number of fused-ring (bicyclic) bond motifs is 1. The lowest BCUT2D eigenvalue weighted by molar-refractivity contribution is -0.149. The summed E-state index contributed by atoms with van der Waals surface area (Å²) in [6, 6.07) is 0. The van der Waals surface area contributed by atoms with Crippen LogP contribution in [0, 0.1) is 24.2 Å². The SMILES string of the molecule is Cc1nc(CN2C[C@H]3CN(C(=O)C4CCC4)C[C@@]3(C(=O)O)C2)cs1. The van der Waals surface area contributed by atoms with Gasteiger partial charge in [0.25, 0.3) is 0 Å². The largest absolute Gasteiger partial charge is 0.481 e.